The molecule has 0 heterocycles. The summed E-state index contributed by atoms with van der Waals surface area (Å²) in [6, 6.07) is 3.16. The number of hydrogen-bond donors (Lipinski definition) is 6. The van der Waals surface area contributed by atoms with E-state index in [1.165, 1.54) is 6.07 Å². The number of aliphatic hydroxyl groups is 4. The van der Waals surface area contributed by atoms with Crippen molar-refractivity contribution in [3.8, 4) is 0 Å². The Balaban J connectivity index is 2.73. The summed E-state index contributed by atoms with van der Waals surface area (Å²) in [6.45, 7) is -0.721. The molecule has 0 aliphatic carbocycles. The first-order valence-corrected chi connectivity index (χ1v) is 7.59. The van der Waals surface area contributed by atoms with Gasteiger partial charge in [0.2, 0.25) is 0 Å². The van der Waals surface area contributed by atoms with E-state index in [0.717, 1.165) is 6.21 Å². The van der Waals surface area contributed by atoms with Gasteiger partial charge in [0.25, 0.3) is 5.91 Å². The van der Waals surface area contributed by atoms with Gasteiger partial charge in [0, 0.05) is 8.95 Å². The molecule has 1 amide bonds. The molecule has 10 heteroatoms. The van der Waals surface area contributed by atoms with Crippen LogP contribution in [-0.2, 0) is 0 Å². The highest BCUT2D eigenvalue weighted by Gasteiger charge is 2.22. The molecule has 0 radical (unpaired) electrons. The van der Waals surface area contributed by atoms with Gasteiger partial charge in [-0.25, -0.2) is 5.43 Å². The van der Waals surface area contributed by atoms with Gasteiger partial charge < -0.3 is 26.2 Å². The molecule has 0 saturated heterocycles. The molecule has 1 aromatic carbocycles. The maximum absolute atomic E-state index is 11.9. The van der Waals surface area contributed by atoms with Crippen LogP contribution in [0, 0.1) is 0 Å². The van der Waals surface area contributed by atoms with Crippen molar-refractivity contribution < 1.29 is 25.2 Å². The molecule has 122 valence electrons. The van der Waals surface area contributed by atoms with Crippen molar-refractivity contribution in [1.29, 1.82) is 0 Å². The third-order valence-electron chi connectivity index (χ3n) is 2.66. The van der Waals surface area contributed by atoms with Gasteiger partial charge in [0.1, 0.15) is 18.3 Å². The first kappa shape index (κ1) is 19.0. The van der Waals surface area contributed by atoms with Crippen molar-refractivity contribution in [2.75, 3.05) is 12.3 Å². The molecular weight excluding hydrogens is 426 g/mol. The van der Waals surface area contributed by atoms with Crippen LogP contribution in [0.25, 0.3) is 0 Å². The SMILES string of the molecule is Nc1c(Br)cc(Br)cc1C(=O)N/N=C\[C@H](O)[C@H](O)[C@H](O)CO. The highest BCUT2D eigenvalue weighted by molar-refractivity contribution is 9.11. The lowest BCUT2D eigenvalue weighted by molar-refractivity contribution is -0.0542. The van der Waals surface area contributed by atoms with Gasteiger partial charge in [0.15, 0.2) is 0 Å². The minimum Gasteiger partial charge on any atom is -0.397 e. The summed E-state index contributed by atoms with van der Waals surface area (Å²) in [7, 11) is 0. The molecule has 3 atom stereocenters. The second kappa shape index (κ2) is 8.56. The molecule has 1 aromatic rings. The average molecular weight is 441 g/mol. The van der Waals surface area contributed by atoms with E-state index in [4.69, 9.17) is 15.9 Å². The van der Waals surface area contributed by atoms with Crippen molar-refractivity contribution in [3.63, 3.8) is 0 Å². The number of halogens is 2. The number of nitrogens with one attached hydrogen (secondary N) is 1. The molecule has 0 fully saturated rings. The molecule has 1 rings (SSSR count). The summed E-state index contributed by atoms with van der Waals surface area (Å²) in [4.78, 5) is 11.9. The highest BCUT2D eigenvalue weighted by atomic mass is 79.9. The van der Waals surface area contributed by atoms with Crippen LogP contribution < -0.4 is 11.2 Å². The van der Waals surface area contributed by atoms with Crippen LogP contribution in [0.5, 0.6) is 0 Å². The van der Waals surface area contributed by atoms with Crippen LogP contribution >= 0.6 is 31.9 Å². The van der Waals surface area contributed by atoms with Gasteiger partial charge in [-0.2, -0.15) is 5.10 Å². The van der Waals surface area contributed by atoms with Gasteiger partial charge in [-0.15, -0.1) is 0 Å². The Morgan fingerprint density at radius 2 is 2.00 bits per heavy atom. The van der Waals surface area contributed by atoms with E-state index in [0.29, 0.717) is 8.95 Å². The predicted molar refractivity (Wildman–Crippen MR) is 87.3 cm³/mol. The van der Waals surface area contributed by atoms with Gasteiger partial charge in [0.05, 0.1) is 24.1 Å². The van der Waals surface area contributed by atoms with Crippen molar-refractivity contribution in [1.82, 2.24) is 5.43 Å². The van der Waals surface area contributed by atoms with Crippen molar-refractivity contribution in [3.05, 3.63) is 26.6 Å². The number of nitrogen functional groups attached to an aromatic ring is 1. The Kier molecular flexibility index (Phi) is 7.39. The Bertz CT molecular complexity index is 570. The summed E-state index contributed by atoms with van der Waals surface area (Å²) in [5, 5.41) is 40.1. The third-order valence-corrected chi connectivity index (χ3v) is 3.78. The molecule has 22 heavy (non-hydrogen) atoms. The molecule has 7 N–H and O–H groups in total. The van der Waals surface area contributed by atoms with Crippen LogP contribution in [0.2, 0.25) is 0 Å². The van der Waals surface area contributed by atoms with Crippen LogP contribution in [0.1, 0.15) is 10.4 Å². The highest BCUT2D eigenvalue weighted by Crippen LogP contribution is 2.28. The molecule has 0 unspecified atom stereocenters. The zero-order chi connectivity index (χ0) is 16.9. The lowest BCUT2D eigenvalue weighted by Gasteiger charge is -2.18. The summed E-state index contributed by atoms with van der Waals surface area (Å²) in [5.41, 5.74) is 8.26. The quantitative estimate of drug-likeness (QED) is 0.201. The van der Waals surface area contributed by atoms with Crippen molar-refractivity contribution in [2.45, 2.75) is 18.3 Å². The lowest BCUT2D eigenvalue weighted by atomic mass is 10.1. The number of amides is 1. The third kappa shape index (κ3) is 5.00. The van der Waals surface area contributed by atoms with E-state index in [2.05, 4.69) is 42.4 Å². The maximum Gasteiger partial charge on any atom is 0.273 e. The average Bonchev–Trinajstić information content (AvgIpc) is 2.48. The largest absolute Gasteiger partial charge is 0.397 e. The topological polar surface area (TPSA) is 148 Å². The van der Waals surface area contributed by atoms with E-state index >= 15 is 0 Å². The minimum atomic E-state index is -1.63. The minimum absolute atomic E-state index is 0.156. The number of carbonyl (C=O) groups excluding carboxylic acids is 1. The Morgan fingerprint density at radius 1 is 1.36 bits per heavy atom. The zero-order valence-electron chi connectivity index (χ0n) is 11.1. The van der Waals surface area contributed by atoms with Crippen LogP contribution in [0.4, 0.5) is 5.69 Å². The fraction of sp³-hybridized carbons (Fsp3) is 0.333. The first-order chi connectivity index (χ1) is 10.3. The number of hydrogen-bond acceptors (Lipinski definition) is 7. The zero-order valence-corrected chi connectivity index (χ0v) is 14.3. The predicted octanol–water partition coefficient (Wildman–Crippen LogP) is -0.416. The number of hydrazone groups is 1. The maximum atomic E-state index is 11.9. The van der Waals surface area contributed by atoms with Crippen molar-refractivity contribution in [2.24, 2.45) is 5.10 Å². The Morgan fingerprint density at radius 3 is 2.59 bits per heavy atom. The van der Waals surface area contributed by atoms with E-state index in [1.54, 1.807) is 6.07 Å². The molecule has 0 aliphatic rings. The molecule has 0 saturated carbocycles. The summed E-state index contributed by atoms with van der Waals surface area (Å²) < 4.78 is 1.15. The van der Waals surface area contributed by atoms with E-state index in [1.807, 2.05) is 0 Å². The van der Waals surface area contributed by atoms with E-state index in [-0.39, 0.29) is 11.3 Å². The van der Waals surface area contributed by atoms with E-state index < -0.39 is 30.8 Å². The normalized spacial score (nSPS) is 15.5. The number of nitrogens with zero attached hydrogens (tertiary/aromatic N) is 1. The van der Waals surface area contributed by atoms with Gasteiger partial charge in [-0.3, -0.25) is 4.79 Å². The number of anilines is 1. The van der Waals surface area contributed by atoms with Crippen LogP contribution in [0.3, 0.4) is 0 Å². The molecular formula is C12H15Br2N3O5. The molecule has 0 spiro atoms. The number of nitrogens with two attached hydrogens (primary N) is 1. The van der Waals surface area contributed by atoms with Gasteiger partial charge in [-0.05, 0) is 28.1 Å². The fourth-order valence-electron chi connectivity index (χ4n) is 1.43. The first-order valence-electron chi connectivity index (χ1n) is 6.01. The lowest BCUT2D eigenvalue weighted by Crippen LogP contribution is -2.40. The van der Waals surface area contributed by atoms with Crippen LogP contribution in [0.15, 0.2) is 26.2 Å². The fourth-order valence-corrected chi connectivity index (χ4v) is 2.65. The summed E-state index contributed by atoms with van der Waals surface area (Å²) >= 11 is 6.42. The van der Waals surface area contributed by atoms with Gasteiger partial charge >= 0.3 is 0 Å². The smallest absolute Gasteiger partial charge is 0.273 e. The summed E-state index contributed by atoms with van der Waals surface area (Å²) in [5.74, 6) is -0.625. The second-order valence-electron chi connectivity index (χ2n) is 4.30. The number of aliphatic hydroxyl groups excluding tert-OH is 4. The summed E-state index contributed by atoms with van der Waals surface area (Å²) in [6.07, 6.45) is -3.89. The molecule has 8 nitrogen and oxygen atoms in total. The molecule has 0 aliphatic heterocycles. The Labute approximate surface area is 142 Å². The number of rotatable bonds is 6. The number of carbonyl (C=O) groups is 1. The monoisotopic (exact) mass is 439 g/mol. The Hall–Kier alpha value is -1.04. The number of benzene rings is 1. The second-order valence-corrected chi connectivity index (χ2v) is 6.07. The molecule has 0 bridgehead atoms. The van der Waals surface area contributed by atoms with Crippen LogP contribution in [-0.4, -0.2) is 57.5 Å². The van der Waals surface area contributed by atoms with Gasteiger partial charge in [-0.1, -0.05) is 15.9 Å². The standard InChI is InChI=1S/C12H15Br2N3O5/c13-5-1-6(10(15)7(14)2-5)12(22)17-16-3-8(19)11(21)9(20)4-18/h1-3,8-9,11,18-21H,4,15H2,(H,17,22)/b16-3-/t8-,9+,11-/m0/s1. The van der Waals surface area contributed by atoms with Crippen molar-refractivity contribution >= 4 is 49.7 Å². The molecule has 0 aromatic heterocycles. The van der Waals surface area contributed by atoms with E-state index in [9.17, 15) is 15.0 Å².